The van der Waals surface area contributed by atoms with Crippen LogP contribution in [0.2, 0.25) is 6.04 Å². The lowest BCUT2D eigenvalue weighted by Crippen LogP contribution is -2.46. The van der Waals surface area contributed by atoms with Crippen LogP contribution in [-0.4, -0.2) is 60.0 Å². The SMILES string of the molecule is CCCCCCCCCCCCCCCCCCCl.CCO[Si](CCCN(C)C)(OCC)OCC. The lowest BCUT2D eigenvalue weighted by molar-refractivity contribution is 0.0703. The quantitative estimate of drug-likeness (QED) is 0.0624. The highest BCUT2D eigenvalue weighted by Gasteiger charge is 2.39. The Morgan fingerprint density at radius 1 is 0.514 bits per heavy atom. The van der Waals surface area contributed by atoms with Crippen LogP contribution in [0.25, 0.3) is 0 Å². The molecule has 0 atom stereocenters. The molecule has 0 aromatic heterocycles. The molecule has 0 saturated carbocycles. The first-order valence-corrected chi connectivity index (χ1v) is 17.6. The molecular formula is C29H64ClNO3Si. The van der Waals surface area contributed by atoms with Crippen LogP contribution in [0.1, 0.15) is 137 Å². The second-order valence-corrected chi connectivity index (χ2v) is 13.0. The first-order valence-electron chi connectivity index (χ1n) is 15.1. The van der Waals surface area contributed by atoms with Crippen molar-refractivity contribution >= 4 is 20.4 Å². The molecule has 214 valence electrons. The second kappa shape index (κ2) is 30.6. The summed E-state index contributed by atoms with van der Waals surface area (Å²) in [6.45, 7) is 11.3. The summed E-state index contributed by atoms with van der Waals surface area (Å²) >= 11 is 5.66. The Kier molecular flexibility index (Phi) is 32.8. The molecule has 0 radical (unpaired) electrons. The summed E-state index contributed by atoms with van der Waals surface area (Å²) < 4.78 is 17.3. The second-order valence-electron chi connectivity index (χ2n) is 9.88. The largest absolute Gasteiger partial charge is 0.500 e. The third kappa shape index (κ3) is 28.8. The smallest absolute Gasteiger partial charge is 0.374 e. The van der Waals surface area contributed by atoms with E-state index >= 15 is 0 Å². The fourth-order valence-corrected chi connectivity index (χ4v) is 7.04. The molecule has 0 rings (SSSR count). The van der Waals surface area contributed by atoms with Gasteiger partial charge in [-0.1, -0.05) is 103 Å². The third-order valence-electron chi connectivity index (χ3n) is 6.17. The van der Waals surface area contributed by atoms with E-state index in [2.05, 4.69) is 25.9 Å². The molecule has 0 aliphatic rings. The van der Waals surface area contributed by atoms with Crippen molar-refractivity contribution in [3.8, 4) is 0 Å². The van der Waals surface area contributed by atoms with Crippen LogP contribution in [0.15, 0.2) is 0 Å². The molecule has 0 aromatic carbocycles. The Labute approximate surface area is 227 Å². The van der Waals surface area contributed by atoms with Crippen LogP contribution in [0, 0.1) is 0 Å². The van der Waals surface area contributed by atoms with Crippen molar-refractivity contribution in [1.29, 1.82) is 0 Å². The fourth-order valence-electron chi connectivity index (χ4n) is 4.26. The predicted octanol–water partition coefficient (Wildman–Crippen LogP) is 9.47. The van der Waals surface area contributed by atoms with Gasteiger partial charge in [0.05, 0.1) is 0 Å². The lowest BCUT2D eigenvalue weighted by Gasteiger charge is -2.28. The van der Waals surface area contributed by atoms with Gasteiger partial charge in [0.1, 0.15) is 0 Å². The zero-order chi connectivity index (χ0) is 26.5. The van der Waals surface area contributed by atoms with Gasteiger partial charge in [-0.25, -0.2) is 0 Å². The van der Waals surface area contributed by atoms with E-state index in [1.54, 1.807) is 0 Å². The van der Waals surface area contributed by atoms with Gasteiger partial charge < -0.3 is 18.2 Å². The van der Waals surface area contributed by atoms with Gasteiger partial charge in [0.2, 0.25) is 0 Å². The summed E-state index contributed by atoms with van der Waals surface area (Å²) in [5.74, 6) is 0.846. The molecule has 0 saturated heterocycles. The standard InChI is InChI=1S/C18H37Cl.C11H27NO3Si/c1-2-3-4-5-6-7-8-9-10-11-12-13-14-15-16-17-18-19;1-6-13-16(14-7-2,15-8-3)11-9-10-12(4)5/h2-18H2,1H3;6-11H2,1-5H3. The number of alkyl halides is 1. The highest BCUT2D eigenvalue weighted by atomic mass is 35.5. The number of unbranched alkanes of at least 4 members (excludes halogenated alkanes) is 15. The van der Waals surface area contributed by atoms with Gasteiger partial charge in [-0.15, -0.1) is 11.6 Å². The number of rotatable bonds is 26. The number of hydrogen-bond donors (Lipinski definition) is 0. The normalized spacial score (nSPS) is 11.7. The van der Waals surface area contributed by atoms with Crippen LogP contribution in [-0.2, 0) is 13.3 Å². The Hall–Kier alpha value is 0.347. The predicted molar refractivity (Wildman–Crippen MR) is 159 cm³/mol. The van der Waals surface area contributed by atoms with E-state index < -0.39 is 8.80 Å². The molecule has 0 fully saturated rings. The minimum atomic E-state index is -2.39. The summed E-state index contributed by atoms with van der Waals surface area (Å²) in [4.78, 5) is 2.17. The zero-order valence-electron chi connectivity index (χ0n) is 24.8. The summed E-state index contributed by atoms with van der Waals surface area (Å²) in [6, 6.07) is 0.903. The van der Waals surface area contributed by atoms with Gasteiger partial charge in [-0.05, 0) is 54.3 Å². The van der Waals surface area contributed by atoms with Crippen molar-refractivity contribution in [2.24, 2.45) is 0 Å². The van der Waals surface area contributed by atoms with E-state index in [1.807, 2.05) is 20.8 Å². The maximum atomic E-state index is 5.77. The molecule has 0 bridgehead atoms. The van der Waals surface area contributed by atoms with Gasteiger partial charge in [0.15, 0.2) is 0 Å². The average Bonchev–Trinajstić information content (AvgIpc) is 2.82. The highest BCUT2D eigenvalue weighted by molar-refractivity contribution is 6.60. The highest BCUT2D eigenvalue weighted by Crippen LogP contribution is 2.18. The first kappa shape index (κ1) is 37.5. The van der Waals surface area contributed by atoms with Crippen molar-refractivity contribution in [2.75, 3.05) is 46.3 Å². The Balaban J connectivity index is 0. The maximum Gasteiger partial charge on any atom is 0.500 e. The van der Waals surface area contributed by atoms with Crippen molar-refractivity contribution in [1.82, 2.24) is 4.90 Å². The molecule has 0 heterocycles. The van der Waals surface area contributed by atoms with E-state index in [0.717, 1.165) is 24.9 Å². The van der Waals surface area contributed by atoms with Crippen LogP contribution >= 0.6 is 11.6 Å². The number of hydrogen-bond acceptors (Lipinski definition) is 4. The summed E-state index contributed by atoms with van der Waals surface area (Å²) in [5.41, 5.74) is 0. The average molecular weight is 538 g/mol. The number of halogens is 1. The van der Waals surface area contributed by atoms with Gasteiger partial charge in [0, 0.05) is 31.7 Å². The van der Waals surface area contributed by atoms with E-state index in [4.69, 9.17) is 24.9 Å². The number of nitrogens with zero attached hydrogens (tertiary/aromatic N) is 1. The molecule has 0 amide bonds. The summed E-state index contributed by atoms with van der Waals surface area (Å²) in [6.07, 6.45) is 23.9. The van der Waals surface area contributed by atoms with Gasteiger partial charge in [0.25, 0.3) is 0 Å². The fraction of sp³-hybridized carbons (Fsp3) is 1.00. The van der Waals surface area contributed by atoms with E-state index in [0.29, 0.717) is 19.8 Å². The van der Waals surface area contributed by atoms with Gasteiger partial charge in [-0.3, -0.25) is 0 Å². The zero-order valence-corrected chi connectivity index (χ0v) is 26.6. The lowest BCUT2D eigenvalue weighted by atomic mass is 10.0. The molecule has 0 aromatic rings. The van der Waals surface area contributed by atoms with Crippen LogP contribution in [0.4, 0.5) is 0 Å². The van der Waals surface area contributed by atoms with E-state index in [9.17, 15) is 0 Å². The maximum absolute atomic E-state index is 5.77. The van der Waals surface area contributed by atoms with Crippen molar-refractivity contribution < 1.29 is 13.3 Å². The monoisotopic (exact) mass is 537 g/mol. The van der Waals surface area contributed by atoms with Crippen LogP contribution in [0.3, 0.4) is 0 Å². The Morgan fingerprint density at radius 2 is 0.857 bits per heavy atom. The molecule has 0 spiro atoms. The topological polar surface area (TPSA) is 30.9 Å². The molecule has 0 unspecified atom stereocenters. The first-order chi connectivity index (χ1) is 17.0. The van der Waals surface area contributed by atoms with Gasteiger partial charge in [-0.2, -0.15) is 0 Å². The molecule has 4 nitrogen and oxygen atoms in total. The van der Waals surface area contributed by atoms with Crippen molar-refractivity contribution in [3.05, 3.63) is 0 Å². The molecule has 6 heteroatoms. The van der Waals surface area contributed by atoms with Gasteiger partial charge >= 0.3 is 8.80 Å². The summed E-state index contributed by atoms with van der Waals surface area (Å²) in [5, 5.41) is 0. The third-order valence-corrected chi connectivity index (χ3v) is 9.59. The van der Waals surface area contributed by atoms with Crippen molar-refractivity contribution in [3.63, 3.8) is 0 Å². The molecule has 0 aliphatic carbocycles. The molecule has 35 heavy (non-hydrogen) atoms. The summed E-state index contributed by atoms with van der Waals surface area (Å²) in [7, 11) is 1.76. The Bertz CT molecular complexity index is 356. The van der Waals surface area contributed by atoms with Crippen molar-refractivity contribution in [2.45, 2.75) is 143 Å². The van der Waals surface area contributed by atoms with Crippen LogP contribution < -0.4 is 0 Å². The molecule has 0 aliphatic heterocycles. The minimum absolute atomic E-state index is 0.661. The van der Waals surface area contributed by atoms with E-state index in [-0.39, 0.29) is 0 Å². The van der Waals surface area contributed by atoms with E-state index in [1.165, 1.54) is 103 Å². The molecular weight excluding hydrogens is 474 g/mol. The molecule has 0 N–H and O–H groups in total. The Morgan fingerprint density at radius 3 is 1.14 bits per heavy atom. The van der Waals surface area contributed by atoms with Crippen LogP contribution in [0.5, 0.6) is 0 Å². The minimum Gasteiger partial charge on any atom is -0.374 e.